The van der Waals surface area contributed by atoms with Gasteiger partial charge in [-0.2, -0.15) is 0 Å². The van der Waals surface area contributed by atoms with Crippen molar-refractivity contribution >= 4 is 39.4 Å². The Hall–Kier alpha value is -2.94. The fraction of sp³-hybridized carbons (Fsp3) is 0.368. The summed E-state index contributed by atoms with van der Waals surface area (Å²) in [5.74, 6) is -0.515. The van der Waals surface area contributed by atoms with Crippen LogP contribution in [0.3, 0.4) is 0 Å². The summed E-state index contributed by atoms with van der Waals surface area (Å²) < 4.78 is 6.56. The highest BCUT2D eigenvalue weighted by Gasteiger charge is 2.31. The normalized spacial score (nSPS) is 16.2. The van der Waals surface area contributed by atoms with Crippen LogP contribution in [0.1, 0.15) is 23.4 Å². The average molecular weight is 398 g/mol. The molecule has 0 atom stereocenters. The Morgan fingerprint density at radius 3 is 2.93 bits per heavy atom. The lowest BCUT2D eigenvalue weighted by Gasteiger charge is -2.26. The number of nitrogens with zero attached hydrogens (tertiary/aromatic N) is 3. The standard InChI is InChI=1S/C19H18N4O4S/c24-16(10-23-13-3-1-2-4-14(13)27-19(23)26)22-8-7-12-15(9-22)28-18(20-12)21-17(25)11-5-6-11/h1-4,11H,5-10H2,(H,20,21,25). The number of aromatic nitrogens is 2. The van der Waals surface area contributed by atoms with E-state index in [4.69, 9.17) is 4.42 Å². The van der Waals surface area contributed by atoms with Crippen molar-refractivity contribution in [1.82, 2.24) is 14.5 Å². The van der Waals surface area contributed by atoms with Gasteiger partial charge in [0.2, 0.25) is 11.8 Å². The van der Waals surface area contributed by atoms with Crippen molar-refractivity contribution < 1.29 is 14.0 Å². The monoisotopic (exact) mass is 398 g/mol. The Morgan fingerprint density at radius 2 is 2.11 bits per heavy atom. The number of oxazole rings is 1. The van der Waals surface area contributed by atoms with E-state index in [9.17, 15) is 14.4 Å². The first-order valence-corrected chi connectivity index (χ1v) is 10.1. The fourth-order valence-electron chi connectivity index (χ4n) is 3.41. The van der Waals surface area contributed by atoms with Crippen molar-refractivity contribution in [1.29, 1.82) is 0 Å². The van der Waals surface area contributed by atoms with Gasteiger partial charge in [0, 0.05) is 23.8 Å². The van der Waals surface area contributed by atoms with E-state index in [2.05, 4.69) is 10.3 Å². The zero-order valence-electron chi connectivity index (χ0n) is 15.0. The number of thiazole rings is 1. The molecule has 8 nitrogen and oxygen atoms in total. The van der Waals surface area contributed by atoms with Crippen molar-refractivity contribution in [3.05, 3.63) is 45.4 Å². The van der Waals surface area contributed by atoms with E-state index in [-0.39, 0.29) is 24.3 Å². The molecule has 0 unspecified atom stereocenters. The molecule has 5 rings (SSSR count). The van der Waals surface area contributed by atoms with Crippen LogP contribution in [0.4, 0.5) is 5.13 Å². The molecule has 28 heavy (non-hydrogen) atoms. The quantitative estimate of drug-likeness (QED) is 0.725. The van der Waals surface area contributed by atoms with Crippen molar-refractivity contribution in [2.24, 2.45) is 5.92 Å². The van der Waals surface area contributed by atoms with E-state index in [0.717, 1.165) is 23.4 Å². The number of para-hydroxylation sites is 2. The second kappa shape index (κ2) is 6.59. The molecule has 3 aromatic rings. The number of rotatable bonds is 4. The molecule has 1 aliphatic heterocycles. The molecule has 1 N–H and O–H groups in total. The number of fused-ring (bicyclic) bond motifs is 2. The Balaban J connectivity index is 1.30. The molecule has 2 amide bonds. The van der Waals surface area contributed by atoms with Crippen LogP contribution in [-0.2, 0) is 29.1 Å². The molecule has 144 valence electrons. The molecular formula is C19H18N4O4S. The van der Waals surface area contributed by atoms with E-state index in [1.54, 1.807) is 29.2 Å². The van der Waals surface area contributed by atoms with Crippen LogP contribution in [0.25, 0.3) is 11.1 Å². The Morgan fingerprint density at radius 1 is 1.29 bits per heavy atom. The minimum Gasteiger partial charge on any atom is -0.408 e. The van der Waals surface area contributed by atoms with Gasteiger partial charge in [-0.25, -0.2) is 9.78 Å². The first-order chi connectivity index (χ1) is 13.6. The van der Waals surface area contributed by atoms with Gasteiger partial charge in [-0.15, -0.1) is 0 Å². The predicted octanol–water partition coefficient (Wildman–Crippen LogP) is 1.98. The summed E-state index contributed by atoms with van der Waals surface area (Å²) in [5.41, 5.74) is 2.02. The highest BCUT2D eigenvalue weighted by molar-refractivity contribution is 7.15. The van der Waals surface area contributed by atoms with Gasteiger partial charge in [-0.3, -0.25) is 14.2 Å². The van der Waals surface area contributed by atoms with Gasteiger partial charge in [-0.1, -0.05) is 23.5 Å². The average Bonchev–Trinajstić information content (AvgIpc) is 3.39. The number of carbonyl (C=O) groups is 2. The molecule has 1 fully saturated rings. The second-order valence-corrected chi connectivity index (χ2v) is 8.22. The number of hydrogen-bond donors (Lipinski definition) is 1. The maximum absolute atomic E-state index is 12.8. The number of benzene rings is 1. The van der Waals surface area contributed by atoms with E-state index in [0.29, 0.717) is 35.7 Å². The Bertz CT molecular complexity index is 1140. The Kier molecular flexibility index (Phi) is 4.04. The van der Waals surface area contributed by atoms with Crippen LogP contribution in [0.2, 0.25) is 0 Å². The highest BCUT2D eigenvalue weighted by Crippen LogP contribution is 2.33. The molecule has 0 spiro atoms. The zero-order chi connectivity index (χ0) is 19.3. The lowest BCUT2D eigenvalue weighted by Crippen LogP contribution is -2.38. The van der Waals surface area contributed by atoms with E-state index in [1.807, 2.05) is 0 Å². The topological polar surface area (TPSA) is 97.4 Å². The number of hydrogen-bond acceptors (Lipinski definition) is 6. The van der Waals surface area contributed by atoms with Crippen LogP contribution in [0, 0.1) is 5.92 Å². The van der Waals surface area contributed by atoms with Gasteiger partial charge in [0.25, 0.3) is 0 Å². The van der Waals surface area contributed by atoms with E-state index in [1.165, 1.54) is 15.9 Å². The largest absolute Gasteiger partial charge is 0.420 e. The fourth-order valence-corrected chi connectivity index (χ4v) is 4.44. The molecule has 2 aromatic heterocycles. The van der Waals surface area contributed by atoms with Gasteiger partial charge in [-0.05, 0) is 25.0 Å². The third-order valence-electron chi connectivity index (χ3n) is 5.13. The number of amides is 2. The number of nitrogens with one attached hydrogen (secondary N) is 1. The number of carbonyl (C=O) groups excluding carboxylic acids is 2. The number of anilines is 1. The van der Waals surface area contributed by atoms with Crippen molar-refractivity contribution in [3.8, 4) is 0 Å². The van der Waals surface area contributed by atoms with Crippen LogP contribution < -0.4 is 11.1 Å². The zero-order valence-corrected chi connectivity index (χ0v) is 15.8. The highest BCUT2D eigenvalue weighted by atomic mass is 32.1. The van der Waals surface area contributed by atoms with Crippen molar-refractivity contribution in [2.75, 3.05) is 11.9 Å². The van der Waals surface area contributed by atoms with Crippen LogP contribution in [0.15, 0.2) is 33.5 Å². The molecule has 3 heterocycles. The molecule has 0 bridgehead atoms. The molecule has 0 radical (unpaired) electrons. The van der Waals surface area contributed by atoms with E-state index >= 15 is 0 Å². The first-order valence-electron chi connectivity index (χ1n) is 9.24. The van der Waals surface area contributed by atoms with Crippen LogP contribution in [0.5, 0.6) is 0 Å². The lowest BCUT2D eigenvalue weighted by atomic mass is 10.2. The van der Waals surface area contributed by atoms with Crippen LogP contribution >= 0.6 is 11.3 Å². The SMILES string of the molecule is O=C(Nc1nc2c(s1)CN(C(=O)Cn1c(=O)oc3ccccc31)CC2)C1CC1. The summed E-state index contributed by atoms with van der Waals surface area (Å²) in [4.78, 5) is 44.0. The smallest absolute Gasteiger partial charge is 0.408 e. The van der Waals surface area contributed by atoms with Crippen LogP contribution in [-0.4, -0.2) is 32.8 Å². The second-order valence-electron chi connectivity index (χ2n) is 7.14. The summed E-state index contributed by atoms with van der Waals surface area (Å²) in [6.07, 6.45) is 2.53. The van der Waals surface area contributed by atoms with Crippen molar-refractivity contribution in [3.63, 3.8) is 0 Å². The molecule has 0 saturated heterocycles. The van der Waals surface area contributed by atoms with Gasteiger partial charge in [0.1, 0.15) is 6.54 Å². The molecule has 2 aliphatic rings. The minimum absolute atomic E-state index is 0.0326. The van der Waals surface area contributed by atoms with Gasteiger partial charge < -0.3 is 14.6 Å². The predicted molar refractivity (Wildman–Crippen MR) is 103 cm³/mol. The Labute approximate surface area is 163 Å². The summed E-state index contributed by atoms with van der Waals surface area (Å²) in [6, 6.07) is 7.06. The maximum Gasteiger partial charge on any atom is 0.420 e. The third kappa shape index (κ3) is 3.11. The maximum atomic E-state index is 12.8. The summed E-state index contributed by atoms with van der Waals surface area (Å²) in [5, 5.41) is 3.48. The van der Waals surface area contributed by atoms with E-state index < -0.39 is 5.76 Å². The first kappa shape index (κ1) is 17.2. The summed E-state index contributed by atoms with van der Waals surface area (Å²) in [7, 11) is 0. The summed E-state index contributed by atoms with van der Waals surface area (Å²) >= 11 is 1.42. The summed E-state index contributed by atoms with van der Waals surface area (Å²) in [6.45, 7) is 0.918. The molecule has 9 heteroatoms. The molecule has 1 saturated carbocycles. The molecule has 1 aromatic carbocycles. The minimum atomic E-state index is -0.532. The van der Waals surface area contributed by atoms with Gasteiger partial charge >= 0.3 is 5.76 Å². The molecule has 1 aliphatic carbocycles. The third-order valence-corrected chi connectivity index (χ3v) is 6.13. The lowest BCUT2D eigenvalue weighted by molar-refractivity contribution is -0.132. The van der Waals surface area contributed by atoms with Gasteiger partial charge in [0.15, 0.2) is 10.7 Å². The molecular weight excluding hydrogens is 380 g/mol. The van der Waals surface area contributed by atoms with Gasteiger partial charge in [0.05, 0.1) is 17.8 Å². The van der Waals surface area contributed by atoms with Crippen molar-refractivity contribution in [2.45, 2.75) is 32.4 Å².